The number of hydrogen-bond donors (Lipinski definition) is 1. The molecule has 1 amide bonds. The topological polar surface area (TPSA) is 56.2 Å². The Kier molecular flexibility index (Phi) is 3.98. The molecule has 3 aromatic rings. The Morgan fingerprint density at radius 2 is 2.20 bits per heavy atom. The lowest BCUT2D eigenvalue weighted by atomic mass is 10.0. The number of nitrogens with one attached hydrogen (secondary N) is 1. The molecule has 2 heterocycles. The molecule has 0 spiro atoms. The molecule has 1 aliphatic rings. The lowest BCUT2D eigenvalue weighted by Gasteiger charge is -2.14. The normalized spacial score (nSPS) is 15.5. The quantitative estimate of drug-likeness (QED) is 0.798. The third kappa shape index (κ3) is 3.01. The number of amides is 1. The van der Waals surface area contributed by atoms with Crippen molar-refractivity contribution in [2.24, 2.45) is 0 Å². The molecule has 5 heteroatoms. The molecule has 0 aliphatic carbocycles. The highest BCUT2D eigenvalue weighted by atomic mass is 16.5. The van der Waals surface area contributed by atoms with Crippen LogP contribution in [0.1, 0.15) is 27.4 Å². The van der Waals surface area contributed by atoms with E-state index in [1.807, 2.05) is 54.1 Å². The molecular weight excluding hydrogens is 314 g/mol. The molecule has 25 heavy (non-hydrogen) atoms. The summed E-state index contributed by atoms with van der Waals surface area (Å²) in [4.78, 5) is 16.9. The van der Waals surface area contributed by atoms with Crippen molar-refractivity contribution in [2.45, 2.75) is 12.8 Å². The number of benzene rings is 2. The fourth-order valence-electron chi connectivity index (χ4n) is 3.17. The van der Waals surface area contributed by atoms with Crippen molar-refractivity contribution in [1.29, 1.82) is 0 Å². The lowest BCUT2D eigenvalue weighted by molar-refractivity contribution is 0.0950. The largest absolute Gasteiger partial charge is 0.493 e. The molecule has 5 nitrogen and oxygen atoms in total. The second-order valence-electron chi connectivity index (χ2n) is 6.25. The third-order valence-corrected chi connectivity index (χ3v) is 4.49. The van der Waals surface area contributed by atoms with Crippen LogP contribution >= 0.6 is 0 Å². The average Bonchev–Trinajstić information content (AvgIpc) is 3.29. The highest BCUT2D eigenvalue weighted by Crippen LogP contribution is 2.32. The van der Waals surface area contributed by atoms with Gasteiger partial charge in [0.15, 0.2) is 0 Å². The van der Waals surface area contributed by atoms with Gasteiger partial charge in [0.2, 0.25) is 0 Å². The lowest BCUT2D eigenvalue weighted by Crippen LogP contribution is -2.29. The van der Waals surface area contributed by atoms with Crippen molar-refractivity contribution in [3.63, 3.8) is 0 Å². The summed E-state index contributed by atoms with van der Waals surface area (Å²) in [5.41, 5.74) is 3.67. The molecule has 1 atom stereocenters. The molecule has 2 aromatic carbocycles. The number of imidazole rings is 1. The maximum Gasteiger partial charge on any atom is 0.253 e. The second-order valence-corrected chi connectivity index (χ2v) is 6.25. The minimum Gasteiger partial charge on any atom is -0.493 e. The Labute approximate surface area is 146 Å². The van der Waals surface area contributed by atoms with Gasteiger partial charge in [-0.2, -0.15) is 0 Å². The van der Waals surface area contributed by atoms with Gasteiger partial charge in [-0.15, -0.1) is 0 Å². The number of aryl methyl sites for hydroxylation is 1. The number of rotatable bonds is 4. The molecule has 1 N–H and O–H groups in total. The van der Waals surface area contributed by atoms with Gasteiger partial charge in [-0.25, -0.2) is 4.98 Å². The van der Waals surface area contributed by atoms with Gasteiger partial charge in [0.25, 0.3) is 5.91 Å². The maximum atomic E-state index is 12.8. The number of carbonyl (C=O) groups excluding carboxylic acids is 1. The molecule has 1 aromatic heterocycles. The number of para-hydroxylation sites is 1. The van der Waals surface area contributed by atoms with E-state index in [2.05, 4.69) is 16.4 Å². The predicted molar refractivity (Wildman–Crippen MR) is 95.3 cm³/mol. The van der Waals surface area contributed by atoms with E-state index < -0.39 is 0 Å². The summed E-state index contributed by atoms with van der Waals surface area (Å²) in [6.45, 7) is 3.13. The number of nitrogens with zero attached hydrogens (tertiary/aromatic N) is 2. The summed E-state index contributed by atoms with van der Waals surface area (Å²) in [6.07, 6.45) is 5.24. The van der Waals surface area contributed by atoms with Gasteiger partial charge in [0.1, 0.15) is 5.75 Å². The van der Waals surface area contributed by atoms with Gasteiger partial charge >= 0.3 is 0 Å². The van der Waals surface area contributed by atoms with Crippen molar-refractivity contribution in [3.05, 3.63) is 77.9 Å². The monoisotopic (exact) mass is 333 g/mol. The first-order chi connectivity index (χ1) is 12.2. The summed E-state index contributed by atoms with van der Waals surface area (Å²) >= 11 is 0. The van der Waals surface area contributed by atoms with E-state index in [9.17, 15) is 4.79 Å². The van der Waals surface area contributed by atoms with Crippen LogP contribution in [0.4, 0.5) is 0 Å². The Bertz CT molecular complexity index is 903. The maximum absolute atomic E-state index is 12.8. The smallest absolute Gasteiger partial charge is 0.253 e. The minimum atomic E-state index is -0.0863. The highest BCUT2D eigenvalue weighted by Gasteiger charge is 2.24. The van der Waals surface area contributed by atoms with E-state index >= 15 is 0 Å². The van der Waals surface area contributed by atoms with Crippen LogP contribution in [0, 0.1) is 6.92 Å². The highest BCUT2D eigenvalue weighted by molar-refractivity contribution is 5.98. The van der Waals surface area contributed by atoms with Crippen molar-refractivity contribution >= 4 is 5.91 Å². The molecule has 0 saturated heterocycles. The number of fused-ring (bicyclic) bond motifs is 1. The SMILES string of the molecule is Cc1ccc(-n2ccnc2)c(C(=O)NCC2COc3ccccc32)c1. The Balaban J connectivity index is 1.53. The third-order valence-electron chi connectivity index (χ3n) is 4.49. The van der Waals surface area contributed by atoms with Crippen LogP contribution in [-0.4, -0.2) is 28.6 Å². The van der Waals surface area contributed by atoms with E-state index in [4.69, 9.17) is 4.74 Å². The van der Waals surface area contributed by atoms with E-state index in [0.717, 1.165) is 22.6 Å². The number of aromatic nitrogens is 2. The van der Waals surface area contributed by atoms with Crippen molar-refractivity contribution in [3.8, 4) is 11.4 Å². The van der Waals surface area contributed by atoms with E-state index in [0.29, 0.717) is 18.7 Å². The standard InChI is InChI=1S/C20H19N3O2/c1-14-6-7-18(23-9-8-21-13-23)17(10-14)20(24)22-11-15-12-25-19-5-3-2-4-16(15)19/h2-10,13,15H,11-12H2,1H3,(H,22,24). The molecular formula is C20H19N3O2. The zero-order chi connectivity index (χ0) is 17.2. The molecule has 0 bridgehead atoms. The van der Waals surface area contributed by atoms with E-state index in [-0.39, 0.29) is 11.8 Å². The first-order valence-electron chi connectivity index (χ1n) is 8.31. The molecule has 0 fully saturated rings. The second kappa shape index (κ2) is 6.43. The molecule has 0 radical (unpaired) electrons. The van der Waals surface area contributed by atoms with Gasteiger partial charge in [0.05, 0.1) is 24.2 Å². The van der Waals surface area contributed by atoms with E-state index in [1.54, 1.807) is 12.5 Å². The first-order valence-corrected chi connectivity index (χ1v) is 8.31. The van der Waals surface area contributed by atoms with Crippen LogP contribution in [-0.2, 0) is 0 Å². The molecule has 126 valence electrons. The van der Waals surface area contributed by atoms with Crippen LogP contribution in [0.2, 0.25) is 0 Å². The fourth-order valence-corrected chi connectivity index (χ4v) is 3.17. The van der Waals surface area contributed by atoms with Gasteiger partial charge in [-0.3, -0.25) is 4.79 Å². The Morgan fingerprint density at radius 1 is 1.32 bits per heavy atom. The molecule has 0 saturated carbocycles. The van der Waals surface area contributed by atoms with Crippen LogP contribution in [0.25, 0.3) is 5.69 Å². The molecule has 4 rings (SSSR count). The molecule has 1 aliphatic heterocycles. The van der Waals surface area contributed by atoms with Crippen molar-refractivity contribution in [2.75, 3.05) is 13.2 Å². The summed E-state index contributed by atoms with van der Waals surface area (Å²) in [5, 5.41) is 3.06. The first kappa shape index (κ1) is 15.4. The number of hydrogen-bond acceptors (Lipinski definition) is 3. The van der Waals surface area contributed by atoms with Gasteiger partial charge in [0, 0.05) is 30.4 Å². The average molecular weight is 333 g/mol. The van der Waals surface area contributed by atoms with Gasteiger partial charge < -0.3 is 14.6 Å². The fraction of sp³-hybridized carbons (Fsp3) is 0.200. The van der Waals surface area contributed by atoms with Gasteiger partial charge in [-0.1, -0.05) is 29.8 Å². The van der Waals surface area contributed by atoms with Crippen LogP contribution < -0.4 is 10.1 Å². The Morgan fingerprint density at radius 3 is 3.04 bits per heavy atom. The summed E-state index contributed by atoms with van der Waals surface area (Å²) in [7, 11) is 0. The van der Waals surface area contributed by atoms with Gasteiger partial charge in [-0.05, 0) is 25.1 Å². The van der Waals surface area contributed by atoms with Crippen LogP contribution in [0.15, 0.2) is 61.2 Å². The van der Waals surface area contributed by atoms with Crippen LogP contribution in [0.5, 0.6) is 5.75 Å². The predicted octanol–water partition coefficient (Wildman–Crippen LogP) is 3.09. The minimum absolute atomic E-state index is 0.0863. The summed E-state index contributed by atoms with van der Waals surface area (Å²) in [5.74, 6) is 1.01. The van der Waals surface area contributed by atoms with Crippen molar-refractivity contribution < 1.29 is 9.53 Å². The Hall–Kier alpha value is -3.08. The van der Waals surface area contributed by atoms with Crippen LogP contribution in [0.3, 0.4) is 0 Å². The summed E-state index contributed by atoms with van der Waals surface area (Å²) in [6, 6.07) is 13.8. The summed E-state index contributed by atoms with van der Waals surface area (Å²) < 4.78 is 7.54. The number of carbonyl (C=O) groups is 1. The number of ether oxygens (including phenoxy) is 1. The molecule has 1 unspecified atom stereocenters. The zero-order valence-electron chi connectivity index (χ0n) is 14.0. The van der Waals surface area contributed by atoms with Crippen molar-refractivity contribution in [1.82, 2.24) is 14.9 Å². The van der Waals surface area contributed by atoms with E-state index in [1.165, 1.54) is 0 Å². The zero-order valence-corrected chi connectivity index (χ0v) is 14.0.